The fourth-order valence-corrected chi connectivity index (χ4v) is 3.21. The Morgan fingerprint density at radius 1 is 1.24 bits per heavy atom. The van der Waals surface area contributed by atoms with E-state index in [1.54, 1.807) is 36.9 Å². The highest BCUT2D eigenvalue weighted by atomic mass is 35.5. The number of hydrogen-bond acceptors (Lipinski definition) is 5. The van der Waals surface area contributed by atoms with Crippen molar-refractivity contribution in [3.63, 3.8) is 0 Å². The molecule has 8 nitrogen and oxygen atoms in total. The molecule has 152 valence electrons. The molecule has 0 radical (unpaired) electrons. The second-order valence-electron chi connectivity index (χ2n) is 6.32. The van der Waals surface area contributed by atoms with Crippen LogP contribution in [0.1, 0.15) is 12.0 Å². The summed E-state index contributed by atoms with van der Waals surface area (Å²) in [5.41, 5.74) is 0.365. The first kappa shape index (κ1) is 20.9. The highest BCUT2D eigenvalue weighted by Crippen LogP contribution is 2.26. The van der Waals surface area contributed by atoms with Crippen LogP contribution in [0.25, 0.3) is 17.2 Å². The molecule has 3 aromatic rings. The molecule has 3 rings (SSSR count). The average Bonchev–Trinajstić information content (AvgIpc) is 3.08. The number of aryl methyl sites for hydroxylation is 2. The summed E-state index contributed by atoms with van der Waals surface area (Å²) < 4.78 is 9.12. The third-order valence-corrected chi connectivity index (χ3v) is 5.19. The lowest BCUT2D eigenvalue weighted by Gasteiger charge is -2.08. The Bertz CT molecular complexity index is 1220. The van der Waals surface area contributed by atoms with Gasteiger partial charge in [0, 0.05) is 26.7 Å². The van der Waals surface area contributed by atoms with Crippen LogP contribution in [-0.4, -0.2) is 31.3 Å². The minimum Gasteiger partial charge on any atom is -0.462 e. The van der Waals surface area contributed by atoms with Crippen molar-refractivity contribution in [2.24, 2.45) is 14.1 Å². The molecule has 0 saturated carbocycles. The molecule has 29 heavy (non-hydrogen) atoms. The average molecular weight is 437 g/mol. The van der Waals surface area contributed by atoms with Gasteiger partial charge in [-0.3, -0.25) is 13.9 Å². The maximum absolute atomic E-state index is 12.6. The highest BCUT2D eigenvalue weighted by molar-refractivity contribution is 6.42. The van der Waals surface area contributed by atoms with Gasteiger partial charge in [0.2, 0.25) is 0 Å². The number of imidazole rings is 1. The first-order chi connectivity index (χ1) is 13.8. The van der Waals surface area contributed by atoms with E-state index in [4.69, 9.17) is 27.9 Å². The van der Waals surface area contributed by atoms with Crippen LogP contribution in [0.3, 0.4) is 0 Å². The van der Waals surface area contributed by atoms with Crippen LogP contribution in [0.4, 0.5) is 0 Å². The van der Waals surface area contributed by atoms with Gasteiger partial charge < -0.3 is 9.30 Å². The summed E-state index contributed by atoms with van der Waals surface area (Å²) in [6.45, 7) is 0.162. The van der Waals surface area contributed by atoms with Crippen molar-refractivity contribution in [2.75, 3.05) is 6.61 Å². The van der Waals surface area contributed by atoms with Crippen LogP contribution in [-0.2, 0) is 30.2 Å². The predicted molar refractivity (Wildman–Crippen MR) is 111 cm³/mol. The largest absolute Gasteiger partial charge is 0.462 e. The first-order valence-electron chi connectivity index (χ1n) is 8.71. The Labute approximate surface area is 175 Å². The normalized spacial score (nSPS) is 11.4. The fourth-order valence-electron chi connectivity index (χ4n) is 2.84. The number of fused-ring (bicyclic) bond motifs is 1. The zero-order valence-corrected chi connectivity index (χ0v) is 17.3. The van der Waals surface area contributed by atoms with E-state index in [1.165, 1.54) is 23.0 Å². The van der Waals surface area contributed by atoms with E-state index in [2.05, 4.69) is 4.98 Å². The number of ether oxygens (including phenoxy) is 1. The molecule has 2 aromatic heterocycles. The van der Waals surface area contributed by atoms with Gasteiger partial charge in [-0.1, -0.05) is 35.3 Å². The van der Waals surface area contributed by atoms with Crippen LogP contribution in [0.2, 0.25) is 10.0 Å². The molecule has 0 fully saturated rings. The van der Waals surface area contributed by atoms with Gasteiger partial charge in [-0.25, -0.2) is 14.6 Å². The number of esters is 1. The second-order valence-corrected chi connectivity index (χ2v) is 7.11. The number of carbonyl (C=O) groups is 1. The zero-order chi connectivity index (χ0) is 21.1. The van der Waals surface area contributed by atoms with Crippen molar-refractivity contribution >= 4 is 46.4 Å². The second kappa shape index (κ2) is 8.67. The molecule has 0 atom stereocenters. The fraction of sp³-hybridized carbons (Fsp3) is 0.263. The van der Waals surface area contributed by atoms with Crippen molar-refractivity contribution < 1.29 is 9.53 Å². The van der Waals surface area contributed by atoms with Gasteiger partial charge in [0.1, 0.15) is 0 Å². The molecule has 0 N–H and O–H groups in total. The van der Waals surface area contributed by atoms with Crippen molar-refractivity contribution in [2.45, 2.75) is 13.0 Å². The molecule has 1 aromatic carbocycles. The van der Waals surface area contributed by atoms with E-state index in [0.29, 0.717) is 33.2 Å². The number of halogens is 2. The Morgan fingerprint density at radius 2 is 2.00 bits per heavy atom. The van der Waals surface area contributed by atoms with Crippen molar-refractivity contribution in [1.29, 1.82) is 0 Å². The summed E-state index contributed by atoms with van der Waals surface area (Å²) in [7, 11) is 3.24. The molecule has 0 spiro atoms. The van der Waals surface area contributed by atoms with Crippen molar-refractivity contribution in [3.8, 4) is 0 Å². The molecule has 0 aliphatic heterocycles. The van der Waals surface area contributed by atoms with Gasteiger partial charge in [-0.15, -0.1) is 0 Å². The van der Waals surface area contributed by atoms with E-state index in [-0.39, 0.29) is 13.2 Å². The van der Waals surface area contributed by atoms with E-state index < -0.39 is 17.2 Å². The highest BCUT2D eigenvalue weighted by Gasteiger charge is 2.14. The lowest BCUT2D eigenvalue weighted by atomic mass is 10.2. The van der Waals surface area contributed by atoms with Gasteiger partial charge in [0.25, 0.3) is 5.56 Å². The number of nitrogens with zero attached hydrogens (tertiary/aromatic N) is 4. The summed E-state index contributed by atoms with van der Waals surface area (Å²) in [5, 5.41) is 0.735. The lowest BCUT2D eigenvalue weighted by molar-refractivity contribution is -0.137. The van der Waals surface area contributed by atoms with Crippen LogP contribution < -0.4 is 11.2 Å². The van der Waals surface area contributed by atoms with Gasteiger partial charge >= 0.3 is 11.7 Å². The molecule has 0 saturated heterocycles. The molecular weight excluding hydrogens is 419 g/mol. The molecular formula is C19H18Cl2N4O4. The predicted octanol–water partition coefficient (Wildman–Crippen LogP) is 2.39. The lowest BCUT2D eigenvalue weighted by Crippen LogP contribution is -2.39. The summed E-state index contributed by atoms with van der Waals surface area (Å²) in [5.74, 6) is -0.566. The summed E-state index contributed by atoms with van der Waals surface area (Å²) in [6.07, 6.45) is 4.53. The standard InChI is InChI=1S/C19H18Cl2N4O4/c1-23-11-22-17-16(23)18(27)25(19(28)24(17)2)9-4-10-29-14(26)8-7-12-5-3-6-13(20)15(12)21/h3,5-8,11H,4,9-10H2,1-2H3/b8-7+. The molecule has 0 unspecified atom stereocenters. The molecule has 10 heteroatoms. The molecule has 0 bridgehead atoms. The number of carbonyl (C=O) groups excluding carboxylic acids is 1. The summed E-state index contributed by atoms with van der Waals surface area (Å²) in [4.78, 5) is 40.9. The van der Waals surface area contributed by atoms with Crippen LogP contribution in [0.15, 0.2) is 40.2 Å². The topological polar surface area (TPSA) is 88.1 Å². The number of aromatic nitrogens is 4. The SMILES string of the molecule is Cn1cnc2c1c(=O)n(CCCOC(=O)/C=C/c1cccc(Cl)c1Cl)c(=O)n2C. The van der Waals surface area contributed by atoms with E-state index in [9.17, 15) is 14.4 Å². The molecule has 0 amide bonds. The Kier molecular flexibility index (Phi) is 6.24. The minimum atomic E-state index is -0.566. The Hall–Kier alpha value is -2.84. The van der Waals surface area contributed by atoms with Gasteiger partial charge in [-0.2, -0.15) is 0 Å². The molecule has 0 aliphatic rings. The first-order valence-corrected chi connectivity index (χ1v) is 9.46. The van der Waals surface area contributed by atoms with E-state index in [1.807, 2.05) is 0 Å². The van der Waals surface area contributed by atoms with Crippen LogP contribution in [0.5, 0.6) is 0 Å². The smallest absolute Gasteiger partial charge is 0.332 e. The van der Waals surface area contributed by atoms with Crippen LogP contribution >= 0.6 is 23.2 Å². The number of rotatable bonds is 6. The number of benzene rings is 1. The maximum atomic E-state index is 12.6. The summed E-state index contributed by atoms with van der Waals surface area (Å²) >= 11 is 12.0. The Morgan fingerprint density at radius 3 is 2.76 bits per heavy atom. The summed E-state index contributed by atoms with van der Waals surface area (Å²) in [6, 6.07) is 5.08. The number of hydrogen-bond donors (Lipinski definition) is 0. The third kappa shape index (κ3) is 4.28. The maximum Gasteiger partial charge on any atom is 0.332 e. The quantitative estimate of drug-likeness (QED) is 0.336. The molecule has 2 heterocycles. The minimum absolute atomic E-state index is 0.0471. The van der Waals surface area contributed by atoms with Crippen molar-refractivity contribution in [3.05, 3.63) is 67.0 Å². The third-order valence-electron chi connectivity index (χ3n) is 4.35. The van der Waals surface area contributed by atoms with Crippen LogP contribution in [0, 0.1) is 0 Å². The van der Waals surface area contributed by atoms with Gasteiger partial charge in [0.05, 0.1) is 23.0 Å². The Balaban J connectivity index is 1.62. The van der Waals surface area contributed by atoms with E-state index >= 15 is 0 Å². The monoisotopic (exact) mass is 436 g/mol. The van der Waals surface area contributed by atoms with Gasteiger partial charge in [-0.05, 0) is 24.1 Å². The van der Waals surface area contributed by atoms with E-state index in [0.717, 1.165) is 4.57 Å². The molecule has 0 aliphatic carbocycles. The van der Waals surface area contributed by atoms with Gasteiger partial charge in [0.15, 0.2) is 11.2 Å². The zero-order valence-electron chi connectivity index (χ0n) is 15.8. The van der Waals surface area contributed by atoms with Crippen molar-refractivity contribution in [1.82, 2.24) is 18.7 Å².